The molecule has 1 aromatic heterocycles. The topological polar surface area (TPSA) is 58.6 Å². The molecule has 0 saturated carbocycles. The number of aliphatic imine (C=N–C) groups is 1. The Morgan fingerprint density at radius 2 is 1.96 bits per heavy atom. The average Bonchev–Trinajstić information content (AvgIpc) is 3.06. The molecule has 0 aliphatic carbocycles. The molecule has 4 nitrogen and oxygen atoms in total. The van der Waals surface area contributed by atoms with E-state index >= 15 is 0 Å². The zero-order valence-corrected chi connectivity index (χ0v) is 15.7. The van der Waals surface area contributed by atoms with Crippen LogP contribution >= 0.6 is 27.5 Å². The van der Waals surface area contributed by atoms with Gasteiger partial charge < -0.3 is 9.52 Å². The van der Waals surface area contributed by atoms with Crippen LogP contribution in [0.5, 0.6) is 5.75 Å². The molecule has 3 aromatic carbocycles. The van der Waals surface area contributed by atoms with Crippen LogP contribution in [0, 0.1) is 0 Å². The van der Waals surface area contributed by atoms with Crippen molar-refractivity contribution in [3.05, 3.63) is 75.7 Å². The minimum atomic E-state index is 0.123. The van der Waals surface area contributed by atoms with E-state index in [2.05, 4.69) is 25.9 Å². The van der Waals surface area contributed by atoms with Crippen LogP contribution in [0.1, 0.15) is 5.56 Å². The minimum Gasteiger partial charge on any atom is -0.507 e. The molecule has 4 aromatic rings. The lowest BCUT2D eigenvalue weighted by atomic mass is 10.2. The Bertz CT molecular complexity index is 1140. The summed E-state index contributed by atoms with van der Waals surface area (Å²) >= 11 is 9.40. The Balaban J connectivity index is 1.67. The fourth-order valence-corrected chi connectivity index (χ4v) is 3.09. The highest BCUT2D eigenvalue weighted by Crippen LogP contribution is 2.29. The lowest BCUT2D eigenvalue weighted by Crippen LogP contribution is -1.82. The van der Waals surface area contributed by atoms with Crippen molar-refractivity contribution in [3.8, 4) is 17.2 Å². The molecule has 0 atom stereocenters. The van der Waals surface area contributed by atoms with Crippen molar-refractivity contribution < 1.29 is 9.52 Å². The van der Waals surface area contributed by atoms with Crippen molar-refractivity contribution >= 4 is 50.5 Å². The molecule has 0 spiro atoms. The van der Waals surface area contributed by atoms with Crippen LogP contribution in [0.4, 0.5) is 5.69 Å². The Labute approximate surface area is 162 Å². The number of hydrogen-bond donors (Lipinski definition) is 1. The van der Waals surface area contributed by atoms with Crippen molar-refractivity contribution in [3.63, 3.8) is 0 Å². The van der Waals surface area contributed by atoms with Gasteiger partial charge in [-0.15, -0.1) is 0 Å². The maximum atomic E-state index is 9.86. The van der Waals surface area contributed by atoms with Gasteiger partial charge in [0.05, 0.1) is 5.69 Å². The Hall–Kier alpha value is -2.63. The molecule has 0 saturated heterocycles. The maximum Gasteiger partial charge on any atom is 0.227 e. The lowest BCUT2D eigenvalue weighted by Gasteiger charge is -1.99. The predicted molar refractivity (Wildman–Crippen MR) is 108 cm³/mol. The molecule has 0 radical (unpaired) electrons. The van der Waals surface area contributed by atoms with Gasteiger partial charge in [-0.05, 0) is 54.6 Å². The molecule has 0 fully saturated rings. The van der Waals surface area contributed by atoms with Crippen LogP contribution in [0.25, 0.3) is 22.6 Å². The van der Waals surface area contributed by atoms with Crippen LogP contribution in [-0.2, 0) is 0 Å². The lowest BCUT2D eigenvalue weighted by molar-refractivity contribution is 0.474. The number of aromatic hydroxyl groups is 1. The summed E-state index contributed by atoms with van der Waals surface area (Å²) < 4.78 is 6.78. The molecule has 6 heteroatoms. The van der Waals surface area contributed by atoms with E-state index in [1.807, 2.05) is 42.5 Å². The first-order chi connectivity index (χ1) is 12.6. The van der Waals surface area contributed by atoms with Crippen molar-refractivity contribution in [2.75, 3.05) is 0 Å². The van der Waals surface area contributed by atoms with Crippen LogP contribution in [-0.4, -0.2) is 16.3 Å². The van der Waals surface area contributed by atoms with Gasteiger partial charge >= 0.3 is 0 Å². The maximum absolute atomic E-state index is 9.86. The third kappa shape index (κ3) is 3.49. The number of benzene rings is 3. The van der Waals surface area contributed by atoms with Gasteiger partial charge in [0.1, 0.15) is 11.3 Å². The third-order valence-electron chi connectivity index (χ3n) is 3.79. The molecular formula is C20H12BrClN2O2. The largest absolute Gasteiger partial charge is 0.507 e. The summed E-state index contributed by atoms with van der Waals surface area (Å²) in [6.07, 6.45) is 1.57. The van der Waals surface area contributed by atoms with E-state index in [0.717, 1.165) is 10.0 Å². The van der Waals surface area contributed by atoms with Crippen LogP contribution < -0.4 is 0 Å². The smallest absolute Gasteiger partial charge is 0.227 e. The highest BCUT2D eigenvalue weighted by molar-refractivity contribution is 9.10. The highest BCUT2D eigenvalue weighted by atomic mass is 79.9. The molecule has 1 heterocycles. The zero-order valence-electron chi connectivity index (χ0n) is 13.4. The van der Waals surface area contributed by atoms with Crippen molar-refractivity contribution in [1.82, 2.24) is 4.98 Å². The molecule has 0 unspecified atom stereocenters. The summed E-state index contributed by atoms with van der Waals surface area (Å²) in [6, 6.07) is 18.1. The average molecular weight is 428 g/mol. The predicted octanol–water partition coefficient (Wildman–Crippen LogP) is 6.37. The van der Waals surface area contributed by atoms with Gasteiger partial charge in [0.2, 0.25) is 5.89 Å². The quantitative estimate of drug-likeness (QED) is 0.387. The second-order valence-electron chi connectivity index (χ2n) is 5.64. The molecule has 128 valence electrons. The number of phenols is 1. The van der Waals surface area contributed by atoms with Crippen molar-refractivity contribution in [1.29, 1.82) is 0 Å². The van der Waals surface area contributed by atoms with Gasteiger partial charge in [-0.25, -0.2) is 4.98 Å². The summed E-state index contributed by atoms with van der Waals surface area (Å²) in [5.41, 5.74) is 3.54. The van der Waals surface area contributed by atoms with Gasteiger partial charge in [-0.3, -0.25) is 4.99 Å². The van der Waals surface area contributed by atoms with E-state index in [-0.39, 0.29) is 5.75 Å². The third-order valence-corrected chi connectivity index (χ3v) is 4.51. The SMILES string of the molecule is Oc1ccc(Cl)cc1C=Nc1ccc2oc(-c3cccc(Br)c3)nc2c1. The fourth-order valence-electron chi connectivity index (χ4n) is 2.51. The number of fused-ring (bicyclic) bond motifs is 1. The first-order valence-corrected chi connectivity index (χ1v) is 8.95. The normalized spacial score (nSPS) is 11.5. The number of nitrogens with zero attached hydrogens (tertiary/aromatic N) is 2. The highest BCUT2D eigenvalue weighted by Gasteiger charge is 2.09. The standard InChI is InChI=1S/C20H12BrClN2O2/c21-14-3-1-2-12(8-14)20-24-17-10-16(5-7-19(17)26-20)23-11-13-9-15(22)4-6-18(13)25/h1-11,25H. The molecule has 1 N–H and O–H groups in total. The number of rotatable bonds is 3. The van der Waals surface area contributed by atoms with Gasteiger partial charge in [-0.1, -0.05) is 33.6 Å². The molecule has 0 aliphatic rings. The van der Waals surface area contributed by atoms with Crippen LogP contribution in [0.15, 0.2) is 74.5 Å². The molecular weight excluding hydrogens is 416 g/mol. The molecule has 0 aliphatic heterocycles. The first-order valence-electron chi connectivity index (χ1n) is 7.77. The van der Waals surface area contributed by atoms with E-state index in [0.29, 0.717) is 33.3 Å². The van der Waals surface area contributed by atoms with Gasteiger partial charge in [0, 0.05) is 26.8 Å². The first kappa shape index (κ1) is 16.8. The number of aromatic nitrogens is 1. The summed E-state index contributed by atoms with van der Waals surface area (Å²) in [5, 5.41) is 10.4. The Morgan fingerprint density at radius 3 is 2.81 bits per heavy atom. The summed E-state index contributed by atoms with van der Waals surface area (Å²) in [4.78, 5) is 8.93. The molecule has 0 amide bonds. The number of hydrogen-bond acceptors (Lipinski definition) is 4. The zero-order chi connectivity index (χ0) is 18.1. The molecule has 0 bridgehead atoms. The summed E-state index contributed by atoms with van der Waals surface area (Å²) in [5.74, 6) is 0.674. The fraction of sp³-hybridized carbons (Fsp3) is 0. The van der Waals surface area contributed by atoms with Crippen molar-refractivity contribution in [2.45, 2.75) is 0 Å². The molecule has 26 heavy (non-hydrogen) atoms. The van der Waals surface area contributed by atoms with Gasteiger partial charge in [-0.2, -0.15) is 0 Å². The van der Waals surface area contributed by atoms with Crippen LogP contribution in [0.3, 0.4) is 0 Å². The summed E-state index contributed by atoms with van der Waals surface area (Å²) in [7, 11) is 0. The van der Waals surface area contributed by atoms with Gasteiger partial charge in [0.15, 0.2) is 5.58 Å². The molecule has 4 rings (SSSR count). The minimum absolute atomic E-state index is 0.123. The van der Waals surface area contributed by atoms with E-state index in [4.69, 9.17) is 16.0 Å². The Kier molecular flexibility index (Phi) is 4.49. The number of oxazole rings is 1. The summed E-state index contributed by atoms with van der Waals surface area (Å²) in [6.45, 7) is 0. The Morgan fingerprint density at radius 1 is 1.08 bits per heavy atom. The van der Waals surface area contributed by atoms with Crippen molar-refractivity contribution in [2.24, 2.45) is 4.99 Å². The number of phenolic OH excluding ortho intramolecular Hbond substituents is 1. The second-order valence-corrected chi connectivity index (χ2v) is 6.99. The van der Waals surface area contributed by atoms with Gasteiger partial charge in [0.25, 0.3) is 0 Å². The van der Waals surface area contributed by atoms with E-state index in [9.17, 15) is 5.11 Å². The monoisotopic (exact) mass is 426 g/mol. The van der Waals surface area contributed by atoms with E-state index in [1.165, 1.54) is 6.07 Å². The van der Waals surface area contributed by atoms with E-state index < -0.39 is 0 Å². The number of halogens is 2. The van der Waals surface area contributed by atoms with E-state index in [1.54, 1.807) is 18.3 Å². The second kappa shape index (κ2) is 6.94. The van der Waals surface area contributed by atoms with Crippen LogP contribution in [0.2, 0.25) is 5.02 Å².